The fourth-order valence-electron chi connectivity index (χ4n) is 0.339. The fourth-order valence-corrected chi connectivity index (χ4v) is 1.02. The first-order chi connectivity index (χ1) is 3.95. The minimum atomic E-state index is -3.87. The van der Waals surface area contributed by atoms with Crippen LogP contribution in [0.25, 0.3) is 0 Å². The van der Waals surface area contributed by atoms with E-state index in [0.717, 1.165) is 0 Å². The molecule has 0 aliphatic carbocycles. The molecule has 0 saturated heterocycles. The SMILES string of the molecule is [CH2]C(C=C)CS(=O)(=O)O. The second kappa shape index (κ2) is 2.98. The number of hydrogen-bond donors (Lipinski definition) is 1. The van der Waals surface area contributed by atoms with Gasteiger partial charge in [0.2, 0.25) is 0 Å². The molecule has 0 aliphatic heterocycles. The molecule has 0 spiro atoms. The molecule has 1 atom stereocenters. The van der Waals surface area contributed by atoms with Gasteiger partial charge in [-0.05, 0) is 12.8 Å². The topological polar surface area (TPSA) is 54.4 Å². The average molecular weight is 149 g/mol. The maximum atomic E-state index is 10.1. The molecule has 1 N–H and O–H groups in total. The maximum Gasteiger partial charge on any atom is 0.265 e. The van der Waals surface area contributed by atoms with E-state index in [1.165, 1.54) is 6.08 Å². The van der Waals surface area contributed by atoms with Crippen molar-refractivity contribution in [1.29, 1.82) is 0 Å². The van der Waals surface area contributed by atoms with Crippen LogP contribution in [-0.2, 0) is 10.1 Å². The van der Waals surface area contributed by atoms with Crippen LogP contribution in [0.5, 0.6) is 0 Å². The van der Waals surface area contributed by atoms with Gasteiger partial charge in [-0.15, -0.1) is 6.58 Å². The molecule has 53 valence electrons. The van der Waals surface area contributed by atoms with Gasteiger partial charge in [-0.1, -0.05) is 6.08 Å². The number of hydrogen-bond acceptors (Lipinski definition) is 2. The standard InChI is InChI=1S/C5H9O3S/c1-3-5(2)4-9(6,7)8/h3,5H,1-2,4H2,(H,6,7,8). The predicted molar refractivity (Wildman–Crippen MR) is 35.5 cm³/mol. The van der Waals surface area contributed by atoms with Gasteiger partial charge in [-0.3, -0.25) is 4.55 Å². The van der Waals surface area contributed by atoms with Gasteiger partial charge in [-0.25, -0.2) is 0 Å². The van der Waals surface area contributed by atoms with Gasteiger partial charge in [0.25, 0.3) is 10.1 Å². The second-order valence-corrected chi connectivity index (χ2v) is 3.24. The Balaban J connectivity index is 3.89. The van der Waals surface area contributed by atoms with Crippen molar-refractivity contribution in [2.75, 3.05) is 5.75 Å². The highest BCUT2D eigenvalue weighted by atomic mass is 32.2. The molecule has 0 amide bonds. The first-order valence-electron chi connectivity index (χ1n) is 2.36. The minimum absolute atomic E-state index is 0.351. The van der Waals surface area contributed by atoms with Crippen molar-refractivity contribution in [2.24, 2.45) is 5.92 Å². The average Bonchev–Trinajstić information content (AvgIpc) is 1.62. The van der Waals surface area contributed by atoms with E-state index < -0.39 is 16.0 Å². The van der Waals surface area contributed by atoms with Crippen LogP contribution in [0.4, 0.5) is 0 Å². The third-order valence-electron chi connectivity index (χ3n) is 0.758. The third-order valence-corrected chi connectivity index (χ3v) is 1.61. The Bertz CT molecular complexity index is 180. The van der Waals surface area contributed by atoms with Crippen LogP contribution < -0.4 is 0 Å². The summed E-state index contributed by atoms with van der Waals surface area (Å²) in [4.78, 5) is 0. The molecule has 0 rings (SSSR count). The molecule has 1 unspecified atom stereocenters. The lowest BCUT2D eigenvalue weighted by molar-refractivity contribution is 0.479. The summed E-state index contributed by atoms with van der Waals surface area (Å²) >= 11 is 0. The van der Waals surface area contributed by atoms with Crippen molar-refractivity contribution < 1.29 is 13.0 Å². The quantitative estimate of drug-likeness (QED) is 0.470. The van der Waals surface area contributed by atoms with Gasteiger partial charge in [0.15, 0.2) is 0 Å². The lowest BCUT2D eigenvalue weighted by atomic mass is 10.2. The number of rotatable bonds is 3. The summed E-state index contributed by atoms with van der Waals surface area (Å²) in [5.41, 5.74) is 0. The molecular weight excluding hydrogens is 140 g/mol. The molecule has 0 aromatic carbocycles. The Labute approximate surface area is 55.1 Å². The van der Waals surface area contributed by atoms with Gasteiger partial charge in [0, 0.05) is 0 Å². The minimum Gasteiger partial charge on any atom is -0.286 e. The van der Waals surface area contributed by atoms with Crippen LogP contribution in [0.2, 0.25) is 0 Å². The van der Waals surface area contributed by atoms with Crippen molar-refractivity contribution in [3.63, 3.8) is 0 Å². The molecule has 0 aliphatic rings. The highest BCUT2D eigenvalue weighted by molar-refractivity contribution is 7.85. The van der Waals surface area contributed by atoms with Gasteiger partial charge in [-0.2, -0.15) is 8.42 Å². The van der Waals surface area contributed by atoms with Crippen LogP contribution >= 0.6 is 0 Å². The molecule has 0 aromatic rings. The van der Waals surface area contributed by atoms with Crippen LogP contribution in [0.1, 0.15) is 0 Å². The first-order valence-corrected chi connectivity index (χ1v) is 3.97. The van der Waals surface area contributed by atoms with Gasteiger partial charge in [0.05, 0.1) is 5.75 Å². The van der Waals surface area contributed by atoms with E-state index in [4.69, 9.17) is 4.55 Å². The predicted octanol–water partition coefficient (Wildman–Crippen LogP) is 0.510. The maximum absolute atomic E-state index is 10.1. The van der Waals surface area contributed by atoms with Crippen LogP contribution in [0.3, 0.4) is 0 Å². The highest BCUT2D eigenvalue weighted by Crippen LogP contribution is 1.97. The Morgan fingerprint density at radius 1 is 1.67 bits per heavy atom. The van der Waals surface area contributed by atoms with Crippen LogP contribution in [-0.4, -0.2) is 18.7 Å². The fraction of sp³-hybridized carbons (Fsp3) is 0.400. The zero-order chi connectivity index (χ0) is 7.49. The lowest BCUT2D eigenvalue weighted by Gasteiger charge is -1.99. The van der Waals surface area contributed by atoms with E-state index in [9.17, 15) is 8.42 Å². The third kappa shape index (κ3) is 5.52. The summed E-state index contributed by atoms with van der Waals surface area (Å²) in [6, 6.07) is 0. The van der Waals surface area contributed by atoms with Gasteiger partial charge < -0.3 is 0 Å². The Hall–Kier alpha value is -0.350. The van der Waals surface area contributed by atoms with Crippen LogP contribution in [0.15, 0.2) is 12.7 Å². The zero-order valence-corrected chi connectivity index (χ0v) is 5.76. The summed E-state index contributed by atoms with van der Waals surface area (Å²) in [5.74, 6) is -0.781. The molecule has 0 bridgehead atoms. The Morgan fingerprint density at radius 3 is 2.22 bits per heavy atom. The highest BCUT2D eigenvalue weighted by Gasteiger charge is 2.07. The smallest absolute Gasteiger partial charge is 0.265 e. The molecule has 0 aromatic heterocycles. The molecule has 0 fully saturated rings. The zero-order valence-electron chi connectivity index (χ0n) is 4.95. The van der Waals surface area contributed by atoms with Crippen molar-refractivity contribution in [2.45, 2.75) is 0 Å². The van der Waals surface area contributed by atoms with Crippen molar-refractivity contribution >= 4 is 10.1 Å². The summed E-state index contributed by atoms with van der Waals surface area (Å²) in [5, 5.41) is 0. The van der Waals surface area contributed by atoms with E-state index in [0.29, 0.717) is 0 Å². The normalized spacial score (nSPS) is 14.9. The number of allylic oxidation sites excluding steroid dienone is 1. The van der Waals surface area contributed by atoms with Crippen LogP contribution in [0, 0.1) is 12.8 Å². The molecule has 0 heterocycles. The largest absolute Gasteiger partial charge is 0.286 e. The van der Waals surface area contributed by atoms with E-state index in [1.54, 1.807) is 0 Å². The van der Waals surface area contributed by atoms with Crippen molar-refractivity contribution in [3.8, 4) is 0 Å². The molecule has 4 heteroatoms. The van der Waals surface area contributed by atoms with E-state index in [2.05, 4.69) is 13.5 Å². The van der Waals surface area contributed by atoms with E-state index in [1.807, 2.05) is 0 Å². The molecule has 0 saturated carbocycles. The van der Waals surface area contributed by atoms with Crippen molar-refractivity contribution in [1.82, 2.24) is 0 Å². The van der Waals surface area contributed by atoms with E-state index in [-0.39, 0.29) is 5.75 Å². The Morgan fingerprint density at radius 2 is 2.11 bits per heavy atom. The summed E-state index contributed by atoms with van der Waals surface area (Å²) in [7, 11) is -3.87. The van der Waals surface area contributed by atoms with Gasteiger partial charge in [0.1, 0.15) is 0 Å². The Kier molecular flexibility index (Phi) is 2.87. The van der Waals surface area contributed by atoms with Gasteiger partial charge >= 0.3 is 0 Å². The first kappa shape index (κ1) is 8.65. The monoisotopic (exact) mass is 149 g/mol. The summed E-state index contributed by atoms with van der Waals surface area (Å²) in [6.07, 6.45) is 1.37. The van der Waals surface area contributed by atoms with E-state index >= 15 is 0 Å². The molecular formula is C5H9O3S. The molecule has 3 nitrogen and oxygen atoms in total. The molecule has 9 heavy (non-hydrogen) atoms. The molecule has 1 radical (unpaired) electrons. The summed E-state index contributed by atoms with van der Waals surface area (Å²) < 4.78 is 28.3. The van der Waals surface area contributed by atoms with Crippen molar-refractivity contribution in [3.05, 3.63) is 19.6 Å². The lowest BCUT2D eigenvalue weighted by Crippen LogP contribution is -2.10. The second-order valence-electron chi connectivity index (χ2n) is 1.74. The summed E-state index contributed by atoms with van der Waals surface area (Å²) in [6.45, 7) is 6.69.